The Labute approximate surface area is 120 Å². The Balaban J connectivity index is 2.43. The normalized spacial score (nSPS) is 10.0. The van der Waals surface area contributed by atoms with Gasteiger partial charge in [-0.1, -0.05) is 6.07 Å². The van der Waals surface area contributed by atoms with Crippen molar-refractivity contribution in [3.05, 3.63) is 30.2 Å². The van der Waals surface area contributed by atoms with Gasteiger partial charge in [-0.2, -0.15) is 4.99 Å². The van der Waals surface area contributed by atoms with Gasteiger partial charge in [0.15, 0.2) is 23.2 Å². The number of aromatic nitrogens is 1. The lowest BCUT2D eigenvalue weighted by atomic mass is 10.2. The molecule has 0 saturated carbocycles. The zero-order valence-corrected chi connectivity index (χ0v) is 11.5. The van der Waals surface area contributed by atoms with E-state index in [0.717, 1.165) is 0 Å². The molecule has 21 heavy (non-hydrogen) atoms. The summed E-state index contributed by atoms with van der Waals surface area (Å²) in [6.07, 6.45) is 1.17. The maximum atomic E-state index is 11.7. The molecule has 2 aromatic rings. The number of nitrogens with zero attached hydrogens (tertiary/aromatic N) is 2. The van der Waals surface area contributed by atoms with Crippen molar-refractivity contribution in [1.82, 2.24) is 4.98 Å². The molecule has 1 aromatic carbocycles. The summed E-state index contributed by atoms with van der Waals surface area (Å²) in [5.41, 5.74) is 10.8. The number of methoxy groups -OCH3 is 2. The molecular weight excluding hydrogens is 276 g/mol. The van der Waals surface area contributed by atoms with Gasteiger partial charge in [0.2, 0.25) is 5.89 Å². The highest BCUT2D eigenvalue weighted by molar-refractivity contribution is 6.00. The Morgan fingerprint density at radius 3 is 2.67 bits per heavy atom. The maximum Gasteiger partial charge on any atom is 0.302 e. The molecule has 0 fully saturated rings. The molecule has 0 aliphatic carbocycles. The van der Waals surface area contributed by atoms with Crippen molar-refractivity contribution < 1.29 is 18.7 Å². The minimum Gasteiger partial charge on any atom is -0.493 e. The van der Waals surface area contributed by atoms with E-state index in [9.17, 15) is 4.79 Å². The topological polar surface area (TPSA) is 126 Å². The minimum absolute atomic E-state index is 0.0109. The number of carbonyl (C=O) groups excluding carboxylic acids is 1. The van der Waals surface area contributed by atoms with Gasteiger partial charge in [0.25, 0.3) is 0 Å². The van der Waals surface area contributed by atoms with Gasteiger partial charge >= 0.3 is 5.91 Å². The largest absolute Gasteiger partial charge is 0.493 e. The second kappa shape index (κ2) is 5.95. The van der Waals surface area contributed by atoms with E-state index in [1.807, 2.05) is 0 Å². The number of hydrogen-bond donors (Lipinski definition) is 2. The number of rotatable bonds is 4. The van der Waals surface area contributed by atoms with Gasteiger partial charge in [0.05, 0.1) is 19.8 Å². The Hall–Kier alpha value is -3.03. The monoisotopic (exact) mass is 290 g/mol. The number of amides is 1. The summed E-state index contributed by atoms with van der Waals surface area (Å²) in [6, 6.07) is 5.21. The van der Waals surface area contributed by atoms with Crippen LogP contribution in [0.15, 0.2) is 33.9 Å². The highest BCUT2D eigenvalue weighted by Crippen LogP contribution is 2.37. The molecule has 8 nitrogen and oxygen atoms in total. The van der Waals surface area contributed by atoms with Crippen LogP contribution in [0.3, 0.4) is 0 Å². The third-order valence-corrected chi connectivity index (χ3v) is 2.59. The molecule has 0 atom stereocenters. The third kappa shape index (κ3) is 2.94. The lowest BCUT2D eigenvalue weighted by Crippen LogP contribution is -2.24. The molecule has 0 radical (unpaired) electrons. The average Bonchev–Trinajstić information content (AvgIpc) is 2.95. The van der Waals surface area contributed by atoms with Gasteiger partial charge in [0, 0.05) is 0 Å². The van der Waals surface area contributed by atoms with Crippen molar-refractivity contribution >= 4 is 11.9 Å². The van der Waals surface area contributed by atoms with Crippen LogP contribution in [0.2, 0.25) is 0 Å². The van der Waals surface area contributed by atoms with Crippen LogP contribution < -0.4 is 20.9 Å². The van der Waals surface area contributed by atoms with Crippen molar-refractivity contribution in [2.75, 3.05) is 14.2 Å². The van der Waals surface area contributed by atoms with Crippen molar-refractivity contribution in [2.45, 2.75) is 0 Å². The van der Waals surface area contributed by atoms with E-state index in [2.05, 4.69) is 9.98 Å². The van der Waals surface area contributed by atoms with Crippen molar-refractivity contribution in [2.24, 2.45) is 16.5 Å². The first-order valence-corrected chi connectivity index (χ1v) is 5.87. The van der Waals surface area contributed by atoms with Crippen LogP contribution in [0.4, 0.5) is 0 Å². The Morgan fingerprint density at radius 1 is 1.29 bits per heavy atom. The number of guanidine groups is 1. The summed E-state index contributed by atoms with van der Waals surface area (Å²) in [4.78, 5) is 19.1. The van der Waals surface area contributed by atoms with Gasteiger partial charge in [-0.25, -0.2) is 4.98 Å². The summed E-state index contributed by atoms with van der Waals surface area (Å²) >= 11 is 0. The summed E-state index contributed by atoms with van der Waals surface area (Å²) in [6.45, 7) is 0. The molecule has 4 N–H and O–H groups in total. The maximum absolute atomic E-state index is 11.7. The highest BCUT2D eigenvalue weighted by atomic mass is 16.5. The molecule has 2 rings (SSSR count). The van der Waals surface area contributed by atoms with Crippen LogP contribution in [0.5, 0.6) is 11.5 Å². The lowest BCUT2D eigenvalue weighted by Gasteiger charge is -2.09. The van der Waals surface area contributed by atoms with Crippen molar-refractivity contribution in [1.29, 1.82) is 0 Å². The highest BCUT2D eigenvalue weighted by Gasteiger charge is 2.18. The smallest absolute Gasteiger partial charge is 0.302 e. The number of ether oxygens (including phenoxy) is 2. The predicted molar refractivity (Wildman–Crippen MR) is 75.2 cm³/mol. The van der Waals surface area contributed by atoms with E-state index in [1.54, 1.807) is 18.2 Å². The first kappa shape index (κ1) is 14.4. The van der Waals surface area contributed by atoms with Crippen LogP contribution in [0, 0.1) is 0 Å². The van der Waals surface area contributed by atoms with Gasteiger partial charge in [-0.05, 0) is 12.1 Å². The number of hydrogen-bond acceptors (Lipinski definition) is 5. The van der Waals surface area contributed by atoms with E-state index in [1.165, 1.54) is 20.5 Å². The Morgan fingerprint density at radius 2 is 2.05 bits per heavy atom. The molecule has 8 heteroatoms. The van der Waals surface area contributed by atoms with Crippen LogP contribution in [0.25, 0.3) is 11.5 Å². The fourth-order valence-electron chi connectivity index (χ4n) is 1.73. The SMILES string of the molecule is COc1cccc(-c2nc(C(=O)N=C(N)N)co2)c1OC. The minimum atomic E-state index is -0.688. The molecule has 0 saturated heterocycles. The van der Waals surface area contributed by atoms with Gasteiger partial charge in [0.1, 0.15) is 6.26 Å². The van der Waals surface area contributed by atoms with E-state index < -0.39 is 5.91 Å². The number of carbonyl (C=O) groups is 1. The zero-order valence-electron chi connectivity index (χ0n) is 11.5. The quantitative estimate of drug-likeness (QED) is 0.629. The summed E-state index contributed by atoms with van der Waals surface area (Å²) in [5, 5.41) is 0. The molecule has 1 aromatic heterocycles. The van der Waals surface area contributed by atoms with Crippen LogP contribution in [-0.4, -0.2) is 31.1 Å². The van der Waals surface area contributed by atoms with Crippen LogP contribution >= 0.6 is 0 Å². The first-order valence-electron chi connectivity index (χ1n) is 5.87. The number of para-hydroxylation sites is 1. The fraction of sp³-hybridized carbons (Fsp3) is 0.154. The van der Waals surface area contributed by atoms with Crippen LogP contribution in [-0.2, 0) is 0 Å². The summed E-state index contributed by atoms with van der Waals surface area (Å²) in [5.74, 6) is 0.128. The van der Waals surface area contributed by atoms with Gasteiger partial charge in [-0.3, -0.25) is 4.79 Å². The molecule has 0 unspecified atom stereocenters. The van der Waals surface area contributed by atoms with Crippen molar-refractivity contribution in [3.8, 4) is 23.0 Å². The first-order chi connectivity index (χ1) is 10.1. The fourth-order valence-corrected chi connectivity index (χ4v) is 1.73. The number of benzene rings is 1. The molecule has 0 aliphatic rings. The van der Waals surface area contributed by atoms with E-state index in [4.69, 9.17) is 25.4 Å². The molecular formula is C13H14N4O4. The predicted octanol–water partition coefficient (Wildman–Crippen LogP) is 0.772. The molecule has 1 heterocycles. The van der Waals surface area contributed by atoms with Gasteiger partial charge < -0.3 is 25.4 Å². The zero-order chi connectivity index (χ0) is 15.4. The van der Waals surface area contributed by atoms with E-state index in [-0.39, 0.29) is 17.5 Å². The van der Waals surface area contributed by atoms with Gasteiger partial charge in [-0.15, -0.1) is 0 Å². The molecule has 0 spiro atoms. The summed E-state index contributed by atoms with van der Waals surface area (Å²) < 4.78 is 15.7. The number of nitrogens with two attached hydrogens (primary N) is 2. The standard InChI is InChI=1S/C13H14N4O4/c1-19-9-5-3-4-7(10(9)20-2)12-16-8(6-21-12)11(18)17-13(14)15/h3-6H,1-2H3,(H4,14,15,17,18). The summed E-state index contributed by atoms with van der Waals surface area (Å²) in [7, 11) is 3.01. The number of oxazole rings is 1. The second-order valence-electron chi connectivity index (χ2n) is 3.92. The molecule has 0 aliphatic heterocycles. The average molecular weight is 290 g/mol. The molecule has 0 bridgehead atoms. The second-order valence-corrected chi connectivity index (χ2v) is 3.92. The van der Waals surface area contributed by atoms with E-state index >= 15 is 0 Å². The van der Waals surface area contributed by atoms with Crippen LogP contribution in [0.1, 0.15) is 10.5 Å². The van der Waals surface area contributed by atoms with E-state index in [0.29, 0.717) is 17.1 Å². The molecule has 110 valence electrons. The molecule has 1 amide bonds. The third-order valence-electron chi connectivity index (χ3n) is 2.59. The lowest BCUT2D eigenvalue weighted by molar-refractivity contribution is 0.0998. The Bertz CT molecular complexity index is 689. The van der Waals surface area contributed by atoms with Crippen molar-refractivity contribution in [3.63, 3.8) is 0 Å². The Kier molecular flexibility index (Phi) is 4.07. The number of aliphatic imine (C=N–C) groups is 1.